The van der Waals surface area contributed by atoms with Crippen molar-refractivity contribution in [3.05, 3.63) is 46.2 Å². The molecule has 2 aromatic rings. The predicted octanol–water partition coefficient (Wildman–Crippen LogP) is 3.13. The van der Waals surface area contributed by atoms with Crippen LogP contribution in [0.3, 0.4) is 0 Å². The third-order valence-electron chi connectivity index (χ3n) is 4.99. The number of rotatable bonds is 5. The number of aromatic nitrogens is 2. The number of aryl methyl sites for hydroxylation is 2. The van der Waals surface area contributed by atoms with Crippen LogP contribution in [-0.4, -0.2) is 35.1 Å². The van der Waals surface area contributed by atoms with Crippen molar-refractivity contribution in [1.82, 2.24) is 14.1 Å². The fourth-order valence-corrected chi connectivity index (χ4v) is 5.04. The number of fused-ring (bicyclic) bond motifs is 1. The van der Waals surface area contributed by atoms with Crippen molar-refractivity contribution in [3.63, 3.8) is 0 Å². The molecule has 1 heterocycles. The van der Waals surface area contributed by atoms with E-state index in [9.17, 15) is 13.7 Å². The topological polar surface area (TPSA) is 79.0 Å². The van der Waals surface area contributed by atoms with Crippen molar-refractivity contribution in [2.75, 3.05) is 7.05 Å². The Labute approximate surface area is 162 Å². The van der Waals surface area contributed by atoms with Crippen molar-refractivity contribution in [2.45, 2.75) is 49.6 Å². The lowest BCUT2D eigenvalue weighted by Crippen LogP contribution is -2.49. The average Bonchev–Trinajstić information content (AvgIpc) is 3.04. The molecule has 0 fully saturated rings. The minimum Gasteiger partial charge on any atom is -0.269 e. The van der Waals surface area contributed by atoms with Gasteiger partial charge in [-0.2, -0.15) is 14.7 Å². The number of nitrogens with zero attached hydrogens (tertiary/aromatic N) is 4. The quantitative estimate of drug-likeness (QED) is 0.720. The predicted molar refractivity (Wildman–Crippen MR) is 102 cm³/mol. The zero-order valence-electron chi connectivity index (χ0n) is 14.8. The van der Waals surface area contributed by atoms with Gasteiger partial charge >= 0.3 is 0 Å². The third-order valence-corrected chi connectivity index (χ3v) is 7.37. The molecule has 0 radical (unpaired) electrons. The Morgan fingerprint density at radius 2 is 2.04 bits per heavy atom. The second-order valence-corrected chi connectivity index (χ2v) is 9.74. The van der Waals surface area contributed by atoms with Gasteiger partial charge in [0.05, 0.1) is 28.2 Å². The standard InChI is InChI=1S/C18H21BrN4O2S/c1-18(12-20,13-23-11-16(19)10-21-23)22(2)26(24,25)17-8-7-14-5-3-4-6-15(14)9-17/h7-11H,3-6,13H2,1-2H3/t18-/m1/s1. The first-order valence-corrected chi connectivity index (χ1v) is 10.7. The van der Waals surface area contributed by atoms with E-state index in [2.05, 4.69) is 27.1 Å². The molecule has 0 bridgehead atoms. The number of hydrogen-bond donors (Lipinski definition) is 0. The van der Waals surface area contributed by atoms with Crippen LogP contribution in [0.25, 0.3) is 0 Å². The first-order chi connectivity index (χ1) is 12.3. The highest BCUT2D eigenvalue weighted by Crippen LogP contribution is 2.28. The highest BCUT2D eigenvalue weighted by atomic mass is 79.9. The molecule has 0 spiro atoms. The van der Waals surface area contributed by atoms with E-state index in [1.165, 1.54) is 12.6 Å². The van der Waals surface area contributed by atoms with Crippen molar-refractivity contribution in [1.29, 1.82) is 5.26 Å². The number of hydrogen-bond acceptors (Lipinski definition) is 4. The highest BCUT2D eigenvalue weighted by Gasteiger charge is 2.39. The van der Waals surface area contributed by atoms with E-state index >= 15 is 0 Å². The number of benzene rings is 1. The first kappa shape index (κ1) is 19.1. The van der Waals surface area contributed by atoms with Crippen molar-refractivity contribution >= 4 is 26.0 Å². The van der Waals surface area contributed by atoms with Gasteiger partial charge < -0.3 is 0 Å². The Morgan fingerprint density at radius 1 is 1.35 bits per heavy atom. The molecule has 0 aliphatic heterocycles. The lowest BCUT2D eigenvalue weighted by Gasteiger charge is -2.32. The van der Waals surface area contributed by atoms with E-state index in [-0.39, 0.29) is 11.4 Å². The maximum Gasteiger partial charge on any atom is 0.244 e. The van der Waals surface area contributed by atoms with Gasteiger partial charge in [-0.3, -0.25) is 4.68 Å². The van der Waals surface area contributed by atoms with E-state index in [4.69, 9.17) is 0 Å². The molecule has 1 aromatic carbocycles. The summed E-state index contributed by atoms with van der Waals surface area (Å²) in [5.74, 6) is 0. The Kier molecular flexibility index (Phi) is 5.24. The summed E-state index contributed by atoms with van der Waals surface area (Å²) in [5.41, 5.74) is 1.06. The van der Waals surface area contributed by atoms with Gasteiger partial charge in [0.25, 0.3) is 0 Å². The summed E-state index contributed by atoms with van der Waals surface area (Å²) in [6, 6.07) is 7.47. The van der Waals surface area contributed by atoms with E-state index in [1.54, 1.807) is 36.1 Å². The summed E-state index contributed by atoms with van der Waals surface area (Å²) in [5, 5.41) is 13.9. The second-order valence-electron chi connectivity index (χ2n) is 6.85. The zero-order chi connectivity index (χ0) is 18.9. The van der Waals surface area contributed by atoms with Crippen LogP contribution in [-0.2, 0) is 29.4 Å². The summed E-state index contributed by atoms with van der Waals surface area (Å²) < 4.78 is 29.8. The summed E-state index contributed by atoms with van der Waals surface area (Å²) in [4.78, 5) is 0.240. The van der Waals surface area contributed by atoms with Gasteiger partial charge in [0.1, 0.15) is 5.54 Å². The summed E-state index contributed by atoms with van der Waals surface area (Å²) in [6.45, 7) is 1.74. The molecule has 0 unspecified atom stereocenters. The monoisotopic (exact) mass is 436 g/mol. The average molecular weight is 437 g/mol. The number of nitriles is 1. The largest absolute Gasteiger partial charge is 0.269 e. The lowest BCUT2D eigenvalue weighted by atomic mass is 9.92. The maximum atomic E-state index is 13.2. The van der Waals surface area contributed by atoms with E-state index < -0.39 is 15.6 Å². The van der Waals surface area contributed by atoms with Crippen LogP contribution in [0.1, 0.15) is 30.9 Å². The minimum absolute atomic E-state index is 0.135. The molecule has 1 aliphatic rings. The van der Waals surface area contributed by atoms with Crippen LogP contribution in [0, 0.1) is 11.3 Å². The Morgan fingerprint density at radius 3 is 2.65 bits per heavy atom. The first-order valence-electron chi connectivity index (χ1n) is 8.46. The molecule has 6 nitrogen and oxygen atoms in total. The summed E-state index contributed by atoms with van der Waals surface area (Å²) in [7, 11) is -2.34. The lowest BCUT2D eigenvalue weighted by molar-refractivity contribution is 0.266. The minimum atomic E-state index is -3.80. The second kappa shape index (κ2) is 7.14. The molecule has 0 amide bonds. The van der Waals surface area contributed by atoms with Gasteiger partial charge in [-0.25, -0.2) is 8.42 Å². The molecule has 0 saturated carbocycles. The molecule has 1 aromatic heterocycles. The van der Waals surface area contributed by atoms with Gasteiger partial charge in [-0.15, -0.1) is 0 Å². The van der Waals surface area contributed by atoms with Gasteiger partial charge in [0, 0.05) is 13.2 Å². The Balaban J connectivity index is 1.93. The summed E-state index contributed by atoms with van der Waals surface area (Å²) >= 11 is 3.31. The third kappa shape index (κ3) is 3.56. The van der Waals surface area contributed by atoms with Crippen molar-refractivity contribution in [2.24, 2.45) is 0 Å². The molecule has 138 valence electrons. The number of sulfonamides is 1. The Bertz CT molecular complexity index is 964. The normalized spacial score (nSPS) is 16.7. The molecular weight excluding hydrogens is 416 g/mol. The van der Waals surface area contributed by atoms with Gasteiger partial charge in [0.15, 0.2) is 0 Å². The van der Waals surface area contributed by atoms with Crippen molar-refractivity contribution in [3.8, 4) is 6.07 Å². The fraction of sp³-hybridized carbons (Fsp3) is 0.444. The van der Waals surface area contributed by atoms with E-state index in [1.807, 2.05) is 6.07 Å². The van der Waals surface area contributed by atoms with Crippen LogP contribution in [0.15, 0.2) is 40.0 Å². The van der Waals surface area contributed by atoms with Crippen LogP contribution in [0.2, 0.25) is 0 Å². The molecule has 1 aliphatic carbocycles. The SMILES string of the molecule is CN([C@](C)(C#N)Cn1cc(Br)cn1)S(=O)(=O)c1ccc2c(c1)CCCC2. The van der Waals surface area contributed by atoms with Crippen LogP contribution in [0.5, 0.6) is 0 Å². The molecule has 26 heavy (non-hydrogen) atoms. The number of likely N-dealkylation sites (N-methyl/N-ethyl adjacent to an activating group) is 1. The van der Waals surface area contributed by atoms with Crippen molar-refractivity contribution < 1.29 is 8.42 Å². The molecule has 0 saturated heterocycles. The molecule has 0 N–H and O–H groups in total. The van der Waals surface area contributed by atoms with Crippen LogP contribution in [0.4, 0.5) is 0 Å². The molecule has 3 rings (SSSR count). The Hall–Kier alpha value is -1.69. The molecule has 1 atom stereocenters. The maximum absolute atomic E-state index is 13.2. The van der Waals surface area contributed by atoms with E-state index in [0.717, 1.165) is 40.0 Å². The van der Waals surface area contributed by atoms with E-state index in [0.29, 0.717) is 0 Å². The van der Waals surface area contributed by atoms with Gasteiger partial charge in [0.2, 0.25) is 10.0 Å². The molecular formula is C18H21BrN4O2S. The van der Waals surface area contributed by atoms with Gasteiger partial charge in [-0.1, -0.05) is 6.07 Å². The fourth-order valence-electron chi connectivity index (χ4n) is 3.24. The smallest absolute Gasteiger partial charge is 0.244 e. The zero-order valence-corrected chi connectivity index (χ0v) is 17.2. The number of halogens is 1. The van der Waals surface area contributed by atoms with Gasteiger partial charge in [-0.05, 0) is 71.8 Å². The molecule has 8 heteroatoms. The van der Waals surface area contributed by atoms with Crippen LogP contribution < -0.4 is 0 Å². The highest BCUT2D eigenvalue weighted by molar-refractivity contribution is 9.10. The summed E-state index contributed by atoms with van der Waals surface area (Å²) in [6.07, 6.45) is 7.45. The van der Waals surface area contributed by atoms with Crippen LogP contribution >= 0.6 is 15.9 Å².